The van der Waals surface area contributed by atoms with E-state index in [1.54, 1.807) is 14.0 Å². The van der Waals surface area contributed by atoms with E-state index in [2.05, 4.69) is 0 Å². The van der Waals surface area contributed by atoms with Crippen LogP contribution in [0.15, 0.2) is 24.3 Å². The fourth-order valence-electron chi connectivity index (χ4n) is 2.44. The molecule has 1 saturated heterocycles. The Morgan fingerprint density at radius 2 is 2.09 bits per heavy atom. The van der Waals surface area contributed by atoms with E-state index < -0.39 is 23.6 Å². The van der Waals surface area contributed by atoms with Gasteiger partial charge in [0, 0.05) is 25.8 Å². The van der Waals surface area contributed by atoms with E-state index in [0.29, 0.717) is 13.0 Å². The minimum atomic E-state index is -4.46. The lowest BCUT2D eigenvalue weighted by Gasteiger charge is -2.20. The number of carbonyl (C=O) groups is 2. The van der Waals surface area contributed by atoms with Crippen molar-refractivity contribution in [1.82, 2.24) is 4.90 Å². The highest BCUT2D eigenvalue weighted by Crippen LogP contribution is 2.33. The van der Waals surface area contributed by atoms with Gasteiger partial charge in [-0.3, -0.25) is 9.59 Å². The third kappa shape index (κ3) is 3.08. The number of rotatable bonds is 3. The molecule has 2 rings (SSSR count). The van der Waals surface area contributed by atoms with Gasteiger partial charge in [0.1, 0.15) is 5.92 Å². The second kappa shape index (κ2) is 5.98. The van der Waals surface area contributed by atoms with Crippen molar-refractivity contribution in [1.29, 1.82) is 0 Å². The summed E-state index contributed by atoms with van der Waals surface area (Å²) < 4.78 is 38.2. The average Bonchev–Trinajstić information content (AvgIpc) is 2.86. The molecule has 1 aromatic rings. The highest BCUT2D eigenvalue weighted by molar-refractivity contribution is 6.09. The molecule has 0 radical (unpaired) electrons. The summed E-state index contributed by atoms with van der Waals surface area (Å²) in [4.78, 5) is 27.1. The number of benzene rings is 1. The first kappa shape index (κ1) is 16.3. The summed E-state index contributed by atoms with van der Waals surface area (Å²) in [5.74, 6) is -1.54. The Morgan fingerprint density at radius 1 is 1.41 bits per heavy atom. The Hall–Kier alpha value is -2.05. The van der Waals surface area contributed by atoms with Gasteiger partial charge in [-0.15, -0.1) is 0 Å². The molecule has 4 nitrogen and oxygen atoms in total. The molecule has 1 heterocycles. The number of hydrogen-bond donors (Lipinski definition) is 0. The van der Waals surface area contributed by atoms with E-state index in [1.807, 2.05) is 0 Å². The normalized spacial score (nSPS) is 18.7. The summed E-state index contributed by atoms with van der Waals surface area (Å²) in [6.45, 7) is 2.52. The molecule has 0 spiro atoms. The Kier molecular flexibility index (Phi) is 4.44. The predicted molar refractivity (Wildman–Crippen MR) is 75.2 cm³/mol. The largest absolute Gasteiger partial charge is 0.416 e. The summed E-state index contributed by atoms with van der Waals surface area (Å²) in [6, 6.07) is 4.61. The highest BCUT2D eigenvalue weighted by atomic mass is 19.4. The zero-order valence-corrected chi connectivity index (χ0v) is 12.4. The Morgan fingerprint density at radius 3 is 2.68 bits per heavy atom. The van der Waals surface area contributed by atoms with Crippen molar-refractivity contribution in [2.75, 3.05) is 25.0 Å². The first-order valence-electron chi connectivity index (χ1n) is 6.99. The minimum absolute atomic E-state index is 0.175. The van der Waals surface area contributed by atoms with Crippen molar-refractivity contribution >= 4 is 17.5 Å². The molecule has 120 valence electrons. The molecule has 0 aliphatic carbocycles. The lowest BCUT2D eigenvalue weighted by Crippen LogP contribution is -2.38. The number of carbonyl (C=O) groups excluding carboxylic acids is 2. The van der Waals surface area contributed by atoms with Crippen LogP contribution in [0.1, 0.15) is 18.9 Å². The van der Waals surface area contributed by atoms with E-state index in [9.17, 15) is 22.8 Å². The quantitative estimate of drug-likeness (QED) is 0.805. The summed E-state index contributed by atoms with van der Waals surface area (Å²) in [7, 11) is 1.60. The first-order chi connectivity index (χ1) is 10.3. The average molecular weight is 314 g/mol. The highest BCUT2D eigenvalue weighted by Gasteiger charge is 2.39. The van der Waals surface area contributed by atoms with Crippen molar-refractivity contribution in [2.24, 2.45) is 5.92 Å². The lowest BCUT2D eigenvalue weighted by atomic mass is 10.1. The molecule has 1 aromatic carbocycles. The second-order valence-electron chi connectivity index (χ2n) is 5.23. The van der Waals surface area contributed by atoms with Crippen molar-refractivity contribution in [3.63, 3.8) is 0 Å². The van der Waals surface area contributed by atoms with Crippen LogP contribution in [0.5, 0.6) is 0 Å². The molecule has 0 saturated carbocycles. The van der Waals surface area contributed by atoms with Gasteiger partial charge in [0.2, 0.25) is 11.8 Å². The van der Waals surface area contributed by atoms with Crippen LogP contribution in [0.3, 0.4) is 0 Å². The van der Waals surface area contributed by atoms with Crippen LogP contribution >= 0.6 is 0 Å². The standard InChI is InChI=1S/C15H17F3N2O2/c1-3-19(2)13(21)12-7-8-20(14(12)22)11-6-4-5-10(9-11)15(16,17)18/h4-6,9,12H,3,7-8H2,1-2H3. The third-order valence-corrected chi connectivity index (χ3v) is 3.84. The number of nitrogens with zero attached hydrogens (tertiary/aromatic N) is 2. The molecule has 1 atom stereocenters. The van der Waals surface area contributed by atoms with Crippen molar-refractivity contribution in [3.8, 4) is 0 Å². The fourth-order valence-corrected chi connectivity index (χ4v) is 2.44. The summed E-state index contributed by atoms with van der Waals surface area (Å²) in [5, 5.41) is 0. The third-order valence-electron chi connectivity index (χ3n) is 3.84. The molecule has 0 bridgehead atoms. The van der Waals surface area contributed by atoms with Crippen molar-refractivity contribution in [2.45, 2.75) is 19.5 Å². The van der Waals surface area contributed by atoms with Crippen molar-refractivity contribution < 1.29 is 22.8 Å². The minimum Gasteiger partial charge on any atom is -0.345 e. The maximum atomic E-state index is 12.7. The summed E-state index contributed by atoms with van der Waals surface area (Å²) in [6.07, 6.45) is -4.14. The van der Waals surface area contributed by atoms with Gasteiger partial charge >= 0.3 is 6.18 Å². The van der Waals surface area contributed by atoms with E-state index >= 15 is 0 Å². The molecule has 7 heteroatoms. The lowest BCUT2D eigenvalue weighted by molar-refractivity contribution is -0.139. The Labute approximate surface area is 126 Å². The number of anilines is 1. The van der Waals surface area contributed by atoms with Crippen LogP contribution < -0.4 is 4.90 Å². The molecule has 1 fully saturated rings. The van der Waals surface area contributed by atoms with Crippen LogP contribution in [-0.2, 0) is 15.8 Å². The molecule has 1 aliphatic rings. The first-order valence-corrected chi connectivity index (χ1v) is 6.99. The number of hydrogen-bond acceptors (Lipinski definition) is 2. The van der Waals surface area contributed by atoms with E-state index in [4.69, 9.17) is 0 Å². The molecule has 22 heavy (non-hydrogen) atoms. The van der Waals surface area contributed by atoms with Gasteiger partial charge < -0.3 is 9.80 Å². The van der Waals surface area contributed by atoms with Gasteiger partial charge in [-0.1, -0.05) is 6.07 Å². The Balaban J connectivity index is 2.22. The van der Waals surface area contributed by atoms with Gasteiger partial charge in [0.15, 0.2) is 0 Å². The van der Waals surface area contributed by atoms with Crippen LogP contribution in [-0.4, -0.2) is 36.9 Å². The van der Waals surface area contributed by atoms with E-state index in [0.717, 1.165) is 12.1 Å². The number of alkyl halides is 3. The van der Waals surface area contributed by atoms with Gasteiger partial charge in [-0.05, 0) is 31.5 Å². The topological polar surface area (TPSA) is 40.6 Å². The molecular weight excluding hydrogens is 297 g/mol. The fraction of sp³-hybridized carbons (Fsp3) is 0.467. The molecule has 1 aliphatic heterocycles. The molecule has 1 unspecified atom stereocenters. The predicted octanol–water partition coefficient (Wildman–Crippen LogP) is 2.54. The van der Waals surface area contributed by atoms with Crippen LogP contribution in [0.2, 0.25) is 0 Å². The zero-order chi connectivity index (χ0) is 16.5. The molecule has 0 aromatic heterocycles. The van der Waals surface area contributed by atoms with E-state index in [1.165, 1.54) is 21.9 Å². The van der Waals surface area contributed by atoms with Crippen LogP contribution in [0.4, 0.5) is 18.9 Å². The van der Waals surface area contributed by atoms with Crippen LogP contribution in [0, 0.1) is 5.92 Å². The van der Waals surface area contributed by atoms with Gasteiger partial charge in [-0.2, -0.15) is 13.2 Å². The van der Waals surface area contributed by atoms with E-state index in [-0.39, 0.29) is 18.1 Å². The van der Waals surface area contributed by atoms with Gasteiger partial charge in [0.25, 0.3) is 0 Å². The molecular formula is C15H17F3N2O2. The maximum Gasteiger partial charge on any atom is 0.416 e. The SMILES string of the molecule is CCN(C)C(=O)C1CCN(c2cccc(C(F)(F)F)c2)C1=O. The van der Waals surface area contributed by atoms with Crippen LogP contribution in [0.25, 0.3) is 0 Å². The molecule has 0 N–H and O–H groups in total. The van der Waals surface area contributed by atoms with Gasteiger partial charge in [-0.25, -0.2) is 0 Å². The molecule has 2 amide bonds. The van der Waals surface area contributed by atoms with Gasteiger partial charge in [0.05, 0.1) is 5.56 Å². The summed E-state index contributed by atoms with van der Waals surface area (Å²) >= 11 is 0. The monoisotopic (exact) mass is 314 g/mol. The number of halogens is 3. The Bertz CT molecular complexity index is 586. The van der Waals surface area contributed by atoms with Crippen molar-refractivity contribution in [3.05, 3.63) is 29.8 Å². The second-order valence-corrected chi connectivity index (χ2v) is 5.23. The zero-order valence-electron chi connectivity index (χ0n) is 12.4. The summed E-state index contributed by atoms with van der Waals surface area (Å²) in [5.41, 5.74) is -0.632. The smallest absolute Gasteiger partial charge is 0.345 e. The number of amides is 2. The maximum absolute atomic E-state index is 12.7.